The maximum Gasteiger partial charge on any atom is 0.312 e. The first-order valence-electron chi connectivity index (χ1n) is 4.73. The predicted molar refractivity (Wildman–Crippen MR) is 65.5 cm³/mol. The molecule has 0 saturated heterocycles. The Hall–Kier alpha value is -1.23. The fourth-order valence-electron chi connectivity index (χ4n) is 0.993. The quantitative estimate of drug-likeness (QED) is 0.835. The number of nitrogen functional groups attached to an aromatic ring is 1. The summed E-state index contributed by atoms with van der Waals surface area (Å²) in [4.78, 5) is 10.9. The van der Waals surface area contributed by atoms with Gasteiger partial charge in [0, 0.05) is 16.2 Å². The van der Waals surface area contributed by atoms with Crippen molar-refractivity contribution in [2.24, 2.45) is 5.41 Å². The Balaban J connectivity index is 2.71. The highest BCUT2D eigenvalue weighted by molar-refractivity contribution is 9.10. The van der Waals surface area contributed by atoms with Crippen LogP contribution in [-0.4, -0.2) is 17.7 Å². The molecule has 0 saturated carbocycles. The van der Waals surface area contributed by atoms with E-state index < -0.39 is 11.4 Å². The van der Waals surface area contributed by atoms with E-state index >= 15 is 0 Å². The zero-order valence-corrected chi connectivity index (χ0v) is 10.7. The molecule has 1 aromatic carbocycles. The summed E-state index contributed by atoms with van der Waals surface area (Å²) in [6.45, 7) is 3.31. The minimum absolute atomic E-state index is 0.0955. The van der Waals surface area contributed by atoms with Gasteiger partial charge in [0.25, 0.3) is 0 Å². The number of carboxylic acids is 1. The molecule has 1 rings (SSSR count). The van der Waals surface area contributed by atoms with E-state index in [1.807, 2.05) is 0 Å². The Morgan fingerprint density at radius 1 is 1.50 bits per heavy atom. The first-order chi connectivity index (χ1) is 7.31. The Kier molecular flexibility index (Phi) is 3.80. The molecule has 0 spiro atoms. The fraction of sp³-hybridized carbons (Fsp3) is 0.364. The summed E-state index contributed by atoms with van der Waals surface area (Å²) in [5.41, 5.74) is 5.28. The van der Waals surface area contributed by atoms with Crippen molar-refractivity contribution in [2.75, 3.05) is 12.3 Å². The Bertz CT molecular complexity index is 384. The van der Waals surface area contributed by atoms with Crippen LogP contribution in [0.5, 0.6) is 5.75 Å². The third-order valence-electron chi connectivity index (χ3n) is 2.07. The number of hydrogen-bond donors (Lipinski definition) is 2. The van der Waals surface area contributed by atoms with Gasteiger partial charge in [-0.15, -0.1) is 0 Å². The number of anilines is 1. The summed E-state index contributed by atoms with van der Waals surface area (Å²) in [6.07, 6.45) is 0. The topological polar surface area (TPSA) is 72.5 Å². The van der Waals surface area contributed by atoms with E-state index in [1.54, 1.807) is 32.0 Å². The normalized spacial score (nSPS) is 11.2. The SMILES string of the molecule is CC(C)(COc1cc(N)cc(Br)c1)C(=O)O. The number of carboxylic acid groups (broad SMARTS) is 1. The van der Waals surface area contributed by atoms with E-state index in [0.717, 1.165) is 4.47 Å². The van der Waals surface area contributed by atoms with Crippen LogP contribution in [0.1, 0.15) is 13.8 Å². The van der Waals surface area contributed by atoms with Crippen molar-refractivity contribution in [3.05, 3.63) is 22.7 Å². The Labute approximate surface area is 103 Å². The number of aliphatic carboxylic acids is 1. The van der Waals surface area contributed by atoms with Crippen LogP contribution in [0, 0.1) is 5.41 Å². The third kappa shape index (κ3) is 3.41. The molecule has 4 nitrogen and oxygen atoms in total. The van der Waals surface area contributed by atoms with Gasteiger partial charge < -0.3 is 15.6 Å². The van der Waals surface area contributed by atoms with E-state index in [1.165, 1.54) is 0 Å². The fourth-order valence-corrected chi connectivity index (χ4v) is 1.48. The predicted octanol–water partition coefficient (Wildman–Crippen LogP) is 2.52. The van der Waals surface area contributed by atoms with Crippen LogP contribution in [0.4, 0.5) is 5.69 Å². The number of nitrogens with two attached hydrogens (primary N) is 1. The van der Waals surface area contributed by atoms with Crippen LogP contribution in [0.2, 0.25) is 0 Å². The Morgan fingerprint density at radius 3 is 2.62 bits per heavy atom. The van der Waals surface area contributed by atoms with Crippen LogP contribution >= 0.6 is 15.9 Å². The maximum atomic E-state index is 10.9. The summed E-state index contributed by atoms with van der Waals surface area (Å²) in [7, 11) is 0. The molecule has 0 unspecified atom stereocenters. The molecule has 1 aromatic rings. The van der Waals surface area contributed by atoms with Crippen molar-refractivity contribution in [3.8, 4) is 5.75 Å². The van der Waals surface area contributed by atoms with Crippen molar-refractivity contribution >= 4 is 27.6 Å². The summed E-state index contributed by atoms with van der Waals surface area (Å²) >= 11 is 3.29. The highest BCUT2D eigenvalue weighted by atomic mass is 79.9. The largest absolute Gasteiger partial charge is 0.492 e. The summed E-state index contributed by atoms with van der Waals surface area (Å²) < 4.78 is 6.20. The van der Waals surface area contributed by atoms with Gasteiger partial charge in [0.1, 0.15) is 12.4 Å². The van der Waals surface area contributed by atoms with E-state index in [4.69, 9.17) is 15.6 Å². The number of carbonyl (C=O) groups is 1. The molecule has 0 aliphatic carbocycles. The third-order valence-corrected chi connectivity index (χ3v) is 2.53. The molecule has 0 radical (unpaired) electrons. The van der Waals surface area contributed by atoms with Crippen molar-refractivity contribution in [3.63, 3.8) is 0 Å². The van der Waals surface area contributed by atoms with Gasteiger partial charge in [-0.25, -0.2) is 0 Å². The monoisotopic (exact) mass is 287 g/mol. The molecular weight excluding hydrogens is 274 g/mol. The van der Waals surface area contributed by atoms with Gasteiger partial charge in [-0.05, 0) is 26.0 Å². The first-order valence-corrected chi connectivity index (χ1v) is 5.53. The molecule has 0 aliphatic heterocycles. The lowest BCUT2D eigenvalue weighted by atomic mass is 9.95. The second-order valence-corrected chi connectivity index (χ2v) is 5.11. The van der Waals surface area contributed by atoms with Crippen molar-refractivity contribution in [2.45, 2.75) is 13.8 Å². The molecule has 0 aliphatic rings. The van der Waals surface area contributed by atoms with Crippen molar-refractivity contribution < 1.29 is 14.6 Å². The minimum atomic E-state index is -0.920. The second kappa shape index (κ2) is 4.74. The van der Waals surface area contributed by atoms with Gasteiger partial charge in [0.05, 0.1) is 5.41 Å². The molecule has 0 aromatic heterocycles. The number of benzene rings is 1. The molecule has 3 N–H and O–H groups in total. The van der Waals surface area contributed by atoms with E-state index in [-0.39, 0.29) is 6.61 Å². The second-order valence-electron chi connectivity index (χ2n) is 4.20. The Morgan fingerprint density at radius 2 is 2.12 bits per heavy atom. The lowest BCUT2D eigenvalue weighted by molar-refractivity contribution is -0.148. The molecule has 88 valence electrons. The molecular formula is C11H14BrNO3. The minimum Gasteiger partial charge on any atom is -0.492 e. The van der Waals surface area contributed by atoms with Gasteiger partial charge in [-0.1, -0.05) is 15.9 Å². The van der Waals surface area contributed by atoms with Crippen LogP contribution in [0.25, 0.3) is 0 Å². The molecule has 16 heavy (non-hydrogen) atoms. The van der Waals surface area contributed by atoms with Gasteiger partial charge in [-0.2, -0.15) is 0 Å². The van der Waals surface area contributed by atoms with Gasteiger partial charge in [0.15, 0.2) is 0 Å². The number of halogens is 1. The van der Waals surface area contributed by atoms with Gasteiger partial charge in [-0.3, -0.25) is 4.79 Å². The zero-order chi connectivity index (χ0) is 12.3. The zero-order valence-electron chi connectivity index (χ0n) is 9.16. The van der Waals surface area contributed by atoms with E-state index in [0.29, 0.717) is 11.4 Å². The lowest BCUT2D eigenvalue weighted by Gasteiger charge is -2.19. The lowest BCUT2D eigenvalue weighted by Crippen LogP contribution is -2.30. The first kappa shape index (κ1) is 12.8. The number of ether oxygens (including phenoxy) is 1. The van der Waals surface area contributed by atoms with Gasteiger partial charge in [0.2, 0.25) is 0 Å². The summed E-state index contributed by atoms with van der Waals surface area (Å²) in [6, 6.07) is 5.15. The highest BCUT2D eigenvalue weighted by Crippen LogP contribution is 2.25. The van der Waals surface area contributed by atoms with Gasteiger partial charge >= 0.3 is 5.97 Å². The average molecular weight is 288 g/mol. The summed E-state index contributed by atoms with van der Waals surface area (Å²) in [5.74, 6) is -0.336. The van der Waals surface area contributed by atoms with Crippen LogP contribution in [0.15, 0.2) is 22.7 Å². The van der Waals surface area contributed by atoms with Crippen molar-refractivity contribution in [1.29, 1.82) is 0 Å². The van der Waals surface area contributed by atoms with Crippen LogP contribution in [0.3, 0.4) is 0 Å². The van der Waals surface area contributed by atoms with Crippen LogP contribution in [-0.2, 0) is 4.79 Å². The molecule has 5 heteroatoms. The number of rotatable bonds is 4. The molecule has 0 heterocycles. The van der Waals surface area contributed by atoms with E-state index in [9.17, 15) is 4.79 Å². The molecule has 0 fully saturated rings. The highest BCUT2D eigenvalue weighted by Gasteiger charge is 2.28. The average Bonchev–Trinajstić information content (AvgIpc) is 2.13. The molecule has 0 amide bonds. The smallest absolute Gasteiger partial charge is 0.312 e. The van der Waals surface area contributed by atoms with Crippen molar-refractivity contribution in [1.82, 2.24) is 0 Å². The van der Waals surface area contributed by atoms with E-state index in [2.05, 4.69) is 15.9 Å². The molecule has 0 atom stereocenters. The van der Waals surface area contributed by atoms with Crippen LogP contribution < -0.4 is 10.5 Å². The maximum absolute atomic E-state index is 10.9. The number of hydrogen-bond acceptors (Lipinski definition) is 3. The standard InChI is InChI=1S/C11H14BrNO3/c1-11(2,10(14)15)6-16-9-4-7(12)3-8(13)5-9/h3-5H,6,13H2,1-2H3,(H,14,15). The summed E-state index contributed by atoms with van der Waals surface area (Å²) in [5, 5.41) is 8.91. The molecule has 0 bridgehead atoms.